The van der Waals surface area contributed by atoms with Gasteiger partial charge in [-0.15, -0.1) is 0 Å². The van der Waals surface area contributed by atoms with Crippen LogP contribution in [0, 0.1) is 5.41 Å². The minimum atomic E-state index is -0.416. The molecule has 1 aromatic carbocycles. The summed E-state index contributed by atoms with van der Waals surface area (Å²) < 4.78 is 7.87. The Labute approximate surface area is 170 Å². The van der Waals surface area contributed by atoms with E-state index in [1.807, 2.05) is 12.1 Å². The number of fused-ring (bicyclic) bond motifs is 1. The van der Waals surface area contributed by atoms with E-state index in [0.29, 0.717) is 22.9 Å². The molecule has 1 aromatic heterocycles. The summed E-state index contributed by atoms with van der Waals surface area (Å²) in [7, 11) is 1.68. The molecule has 7 nitrogen and oxygen atoms in total. The Kier molecular flexibility index (Phi) is 5.01. The van der Waals surface area contributed by atoms with Crippen LogP contribution in [0.5, 0.6) is 0 Å². The van der Waals surface area contributed by atoms with Crippen molar-refractivity contribution in [2.45, 2.75) is 25.4 Å². The van der Waals surface area contributed by atoms with Crippen molar-refractivity contribution in [3.8, 4) is 0 Å². The summed E-state index contributed by atoms with van der Waals surface area (Å²) in [5.41, 5.74) is 0.337. The van der Waals surface area contributed by atoms with Crippen LogP contribution in [0.3, 0.4) is 0 Å². The summed E-state index contributed by atoms with van der Waals surface area (Å²) >= 11 is 3.42. The number of nitrogens with one attached hydrogen (secondary N) is 2. The van der Waals surface area contributed by atoms with Crippen LogP contribution in [0.15, 0.2) is 33.5 Å². The molecule has 4 rings (SSSR count). The number of amides is 1. The van der Waals surface area contributed by atoms with Crippen molar-refractivity contribution in [3.05, 3.63) is 44.7 Å². The van der Waals surface area contributed by atoms with E-state index in [1.165, 1.54) is 10.6 Å². The number of nitrogens with zero attached hydrogens (tertiary/aromatic N) is 1. The lowest BCUT2D eigenvalue weighted by Gasteiger charge is -2.29. The molecule has 2 aliphatic heterocycles. The highest BCUT2D eigenvalue weighted by Crippen LogP contribution is 2.41. The normalized spacial score (nSPS) is 21.1. The highest BCUT2D eigenvalue weighted by atomic mass is 79.9. The number of cyclic esters (lactones) is 1. The fraction of sp³-hybridized carbons (Fsp3) is 0.450. The van der Waals surface area contributed by atoms with E-state index in [0.717, 1.165) is 30.4 Å². The molecule has 148 valence electrons. The van der Waals surface area contributed by atoms with E-state index in [4.69, 9.17) is 4.74 Å². The molecule has 2 aromatic rings. The van der Waals surface area contributed by atoms with Gasteiger partial charge in [-0.2, -0.15) is 0 Å². The van der Waals surface area contributed by atoms with Crippen LogP contribution in [0.4, 0.5) is 0 Å². The van der Waals surface area contributed by atoms with E-state index < -0.39 is 5.41 Å². The second kappa shape index (κ2) is 7.33. The number of piperidine rings is 1. The molecule has 0 aliphatic carbocycles. The smallest absolute Gasteiger partial charge is 0.312 e. The number of rotatable bonds is 3. The quantitative estimate of drug-likeness (QED) is 0.699. The lowest BCUT2D eigenvalue weighted by atomic mass is 9.76. The average molecular weight is 448 g/mol. The van der Waals surface area contributed by atoms with Crippen molar-refractivity contribution < 1.29 is 14.3 Å². The molecule has 0 radical (unpaired) electrons. The minimum absolute atomic E-state index is 0.156. The first-order valence-corrected chi connectivity index (χ1v) is 10.2. The molecule has 1 spiro atoms. The van der Waals surface area contributed by atoms with Gasteiger partial charge in [-0.05, 0) is 44.1 Å². The molecule has 3 heterocycles. The third-order valence-corrected chi connectivity index (χ3v) is 6.32. The van der Waals surface area contributed by atoms with Crippen LogP contribution in [-0.4, -0.2) is 42.2 Å². The molecule has 0 bridgehead atoms. The monoisotopic (exact) mass is 447 g/mol. The molecule has 0 saturated carbocycles. The zero-order chi connectivity index (χ0) is 19.9. The highest BCUT2D eigenvalue weighted by molar-refractivity contribution is 9.10. The fourth-order valence-electron chi connectivity index (χ4n) is 4.19. The highest BCUT2D eigenvalue weighted by Gasteiger charge is 2.49. The van der Waals surface area contributed by atoms with Gasteiger partial charge >= 0.3 is 5.97 Å². The minimum Gasteiger partial charge on any atom is -0.460 e. The molecule has 2 aliphatic rings. The molecule has 28 heavy (non-hydrogen) atoms. The second-order valence-corrected chi connectivity index (χ2v) is 8.50. The number of ether oxygens (including phenoxy) is 1. The Balaban J connectivity index is 1.52. The number of carbonyl (C=O) groups excluding carboxylic acids is 2. The lowest BCUT2D eigenvalue weighted by Crippen LogP contribution is -2.40. The van der Waals surface area contributed by atoms with Crippen LogP contribution in [-0.2, 0) is 16.6 Å². The molecule has 2 N–H and O–H groups in total. The van der Waals surface area contributed by atoms with Gasteiger partial charge in [-0.25, -0.2) is 0 Å². The van der Waals surface area contributed by atoms with Crippen molar-refractivity contribution >= 4 is 38.7 Å². The predicted molar refractivity (Wildman–Crippen MR) is 108 cm³/mol. The van der Waals surface area contributed by atoms with Gasteiger partial charge in [-0.3, -0.25) is 14.4 Å². The zero-order valence-electron chi connectivity index (χ0n) is 15.6. The third kappa shape index (κ3) is 3.35. The van der Waals surface area contributed by atoms with Crippen molar-refractivity contribution in [1.29, 1.82) is 0 Å². The summed E-state index contributed by atoms with van der Waals surface area (Å²) in [6.07, 6.45) is 1.82. The number of benzene rings is 1. The number of esters is 1. The summed E-state index contributed by atoms with van der Waals surface area (Å²) in [5, 5.41) is 6.80. The van der Waals surface area contributed by atoms with E-state index in [9.17, 15) is 14.4 Å². The van der Waals surface area contributed by atoms with Crippen molar-refractivity contribution in [1.82, 2.24) is 15.2 Å². The summed E-state index contributed by atoms with van der Waals surface area (Å²) in [6, 6.07) is 6.81. The zero-order valence-corrected chi connectivity index (χ0v) is 17.2. The first-order chi connectivity index (χ1) is 13.4. The number of hydrogen-bond donors (Lipinski definition) is 2. The molecule has 1 unspecified atom stereocenters. The van der Waals surface area contributed by atoms with Crippen LogP contribution >= 0.6 is 15.9 Å². The fourth-order valence-corrected chi connectivity index (χ4v) is 4.55. The first kappa shape index (κ1) is 19.1. The molecular weight excluding hydrogens is 426 g/mol. The molecule has 1 amide bonds. The molecule has 2 saturated heterocycles. The Morgan fingerprint density at radius 3 is 2.82 bits per heavy atom. The largest absolute Gasteiger partial charge is 0.460 e. The number of halogens is 1. The van der Waals surface area contributed by atoms with Gasteiger partial charge < -0.3 is 19.9 Å². The number of pyridine rings is 1. The van der Waals surface area contributed by atoms with Crippen molar-refractivity contribution in [2.24, 2.45) is 12.5 Å². The Morgan fingerprint density at radius 2 is 2.07 bits per heavy atom. The van der Waals surface area contributed by atoms with Gasteiger partial charge in [0.2, 0.25) is 0 Å². The molecule has 8 heteroatoms. The SMILES string of the molecule is Cn1c(=O)cc(C(=O)NCC2CC3(CCNCC3)C(=O)O2)c2cc(Br)ccc21. The Hall–Kier alpha value is -2.19. The van der Waals surface area contributed by atoms with Gasteiger partial charge in [-0.1, -0.05) is 15.9 Å². The Morgan fingerprint density at radius 1 is 1.32 bits per heavy atom. The topological polar surface area (TPSA) is 89.4 Å². The van der Waals surface area contributed by atoms with E-state index in [-0.39, 0.29) is 30.1 Å². The summed E-state index contributed by atoms with van der Waals surface area (Å²) in [6.45, 7) is 1.86. The van der Waals surface area contributed by atoms with Crippen LogP contribution < -0.4 is 16.2 Å². The number of carbonyl (C=O) groups is 2. The van der Waals surface area contributed by atoms with Gasteiger partial charge in [0.05, 0.1) is 23.0 Å². The Bertz CT molecular complexity index is 1010. The first-order valence-electron chi connectivity index (χ1n) is 9.39. The summed E-state index contributed by atoms with van der Waals surface area (Å²) in [4.78, 5) is 37.4. The third-order valence-electron chi connectivity index (χ3n) is 5.83. The predicted octanol–water partition coefficient (Wildman–Crippen LogP) is 1.72. The maximum atomic E-state index is 12.8. The standard InChI is InChI=1S/C20H22BrN3O4/c1-24-16-3-2-12(21)8-14(16)15(9-17(24)25)18(26)23-11-13-10-20(19(27)28-13)4-6-22-7-5-20/h2-3,8-9,13,22H,4-7,10-11H2,1H3,(H,23,26). The number of aromatic nitrogens is 1. The second-order valence-electron chi connectivity index (χ2n) is 7.59. The van der Waals surface area contributed by atoms with E-state index in [2.05, 4.69) is 26.6 Å². The van der Waals surface area contributed by atoms with Gasteiger partial charge in [0.15, 0.2) is 0 Å². The van der Waals surface area contributed by atoms with Crippen molar-refractivity contribution in [2.75, 3.05) is 19.6 Å². The summed E-state index contributed by atoms with van der Waals surface area (Å²) in [5.74, 6) is -0.501. The van der Waals surface area contributed by atoms with Crippen LogP contribution in [0.25, 0.3) is 10.9 Å². The van der Waals surface area contributed by atoms with Gasteiger partial charge in [0.25, 0.3) is 11.5 Å². The lowest BCUT2D eigenvalue weighted by molar-refractivity contribution is -0.149. The van der Waals surface area contributed by atoms with Crippen LogP contribution in [0.2, 0.25) is 0 Å². The van der Waals surface area contributed by atoms with Crippen LogP contribution in [0.1, 0.15) is 29.6 Å². The number of aryl methyl sites for hydroxylation is 1. The van der Waals surface area contributed by atoms with Gasteiger partial charge in [0.1, 0.15) is 6.10 Å². The number of hydrogen-bond acceptors (Lipinski definition) is 5. The average Bonchev–Trinajstić information content (AvgIpc) is 2.98. The molecule has 1 atom stereocenters. The molecule has 2 fully saturated rings. The van der Waals surface area contributed by atoms with E-state index in [1.54, 1.807) is 13.1 Å². The van der Waals surface area contributed by atoms with E-state index >= 15 is 0 Å². The maximum absolute atomic E-state index is 12.8. The maximum Gasteiger partial charge on any atom is 0.312 e. The van der Waals surface area contributed by atoms with Crippen molar-refractivity contribution in [3.63, 3.8) is 0 Å². The van der Waals surface area contributed by atoms with Gasteiger partial charge in [0, 0.05) is 29.4 Å². The molecular formula is C20H22BrN3O4.